The lowest BCUT2D eigenvalue weighted by molar-refractivity contribution is 0.342. The SMILES string of the molecule is CCNC(=NCc1ccc(Cl)cc1Cl)NCC1CCN(CC)C1.I. The van der Waals surface area contributed by atoms with Gasteiger partial charge in [0.25, 0.3) is 0 Å². The van der Waals surface area contributed by atoms with Crippen molar-refractivity contribution in [2.24, 2.45) is 10.9 Å². The number of nitrogens with zero attached hydrogens (tertiary/aromatic N) is 2. The van der Waals surface area contributed by atoms with Gasteiger partial charge in [-0.05, 0) is 50.0 Å². The first-order valence-corrected chi connectivity index (χ1v) is 9.06. The van der Waals surface area contributed by atoms with Crippen molar-refractivity contribution >= 4 is 53.1 Å². The van der Waals surface area contributed by atoms with Crippen LogP contribution < -0.4 is 10.6 Å². The van der Waals surface area contributed by atoms with Crippen LogP contribution >= 0.6 is 47.2 Å². The molecule has 2 N–H and O–H groups in total. The summed E-state index contributed by atoms with van der Waals surface area (Å²) in [7, 11) is 0. The molecule has 1 aliphatic heterocycles. The van der Waals surface area contributed by atoms with Crippen molar-refractivity contribution in [1.82, 2.24) is 15.5 Å². The van der Waals surface area contributed by atoms with E-state index in [0.29, 0.717) is 22.5 Å². The summed E-state index contributed by atoms with van der Waals surface area (Å²) < 4.78 is 0. The highest BCUT2D eigenvalue weighted by Crippen LogP contribution is 2.21. The van der Waals surface area contributed by atoms with Crippen LogP contribution in [0.3, 0.4) is 0 Å². The van der Waals surface area contributed by atoms with Crippen LogP contribution in [0.5, 0.6) is 0 Å². The second-order valence-electron chi connectivity index (χ2n) is 5.86. The molecule has 0 radical (unpaired) electrons. The first kappa shape index (κ1) is 21.8. The molecule has 1 aliphatic rings. The third-order valence-electron chi connectivity index (χ3n) is 4.14. The largest absolute Gasteiger partial charge is 0.357 e. The topological polar surface area (TPSA) is 39.7 Å². The molecule has 0 spiro atoms. The monoisotopic (exact) mass is 484 g/mol. The summed E-state index contributed by atoms with van der Waals surface area (Å²) in [6, 6.07) is 5.52. The molecule has 0 aromatic heterocycles. The van der Waals surface area contributed by atoms with E-state index in [-0.39, 0.29) is 24.0 Å². The molecule has 1 fully saturated rings. The van der Waals surface area contributed by atoms with Crippen LogP contribution in [0, 0.1) is 5.92 Å². The van der Waals surface area contributed by atoms with E-state index in [4.69, 9.17) is 23.2 Å². The van der Waals surface area contributed by atoms with Crippen LogP contribution in [0.2, 0.25) is 10.0 Å². The van der Waals surface area contributed by atoms with Crippen molar-refractivity contribution in [2.45, 2.75) is 26.8 Å². The van der Waals surface area contributed by atoms with Crippen molar-refractivity contribution < 1.29 is 0 Å². The molecule has 1 aromatic carbocycles. The van der Waals surface area contributed by atoms with Gasteiger partial charge in [0, 0.05) is 29.7 Å². The molecule has 1 aromatic rings. The lowest BCUT2D eigenvalue weighted by atomic mass is 10.1. The van der Waals surface area contributed by atoms with Gasteiger partial charge in [0.15, 0.2) is 5.96 Å². The minimum Gasteiger partial charge on any atom is -0.357 e. The summed E-state index contributed by atoms with van der Waals surface area (Å²) in [5.74, 6) is 1.53. The molecule has 1 unspecified atom stereocenters. The molecule has 1 heterocycles. The predicted octanol–water partition coefficient (Wildman–Crippen LogP) is 4.01. The van der Waals surface area contributed by atoms with E-state index < -0.39 is 0 Å². The van der Waals surface area contributed by atoms with Crippen molar-refractivity contribution in [3.05, 3.63) is 33.8 Å². The molecule has 136 valence electrons. The van der Waals surface area contributed by atoms with E-state index in [9.17, 15) is 0 Å². The quantitative estimate of drug-likeness (QED) is 0.364. The Labute approximate surface area is 172 Å². The van der Waals surface area contributed by atoms with Gasteiger partial charge in [0.2, 0.25) is 0 Å². The van der Waals surface area contributed by atoms with Crippen LogP contribution in [0.4, 0.5) is 0 Å². The van der Waals surface area contributed by atoms with Crippen LogP contribution in [-0.2, 0) is 6.54 Å². The maximum absolute atomic E-state index is 6.20. The van der Waals surface area contributed by atoms with Crippen molar-refractivity contribution in [3.63, 3.8) is 0 Å². The number of likely N-dealkylation sites (tertiary alicyclic amines) is 1. The van der Waals surface area contributed by atoms with Gasteiger partial charge in [-0.3, -0.25) is 0 Å². The Morgan fingerprint density at radius 3 is 2.71 bits per heavy atom. The lowest BCUT2D eigenvalue weighted by Gasteiger charge is -2.16. The summed E-state index contributed by atoms with van der Waals surface area (Å²) in [5, 5.41) is 8.05. The second-order valence-corrected chi connectivity index (χ2v) is 6.70. The van der Waals surface area contributed by atoms with E-state index >= 15 is 0 Å². The van der Waals surface area contributed by atoms with Gasteiger partial charge >= 0.3 is 0 Å². The Kier molecular flexibility index (Phi) is 10.3. The highest BCUT2D eigenvalue weighted by Gasteiger charge is 2.20. The fraction of sp³-hybridized carbons (Fsp3) is 0.588. The zero-order chi connectivity index (χ0) is 16.7. The van der Waals surface area contributed by atoms with Crippen LogP contribution in [0.1, 0.15) is 25.8 Å². The Morgan fingerprint density at radius 2 is 2.08 bits per heavy atom. The number of halogens is 3. The Hall–Kier alpha value is -0.240. The van der Waals surface area contributed by atoms with Crippen LogP contribution in [0.15, 0.2) is 23.2 Å². The molecular weight excluding hydrogens is 458 g/mol. The molecule has 0 saturated carbocycles. The van der Waals surface area contributed by atoms with Crippen molar-refractivity contribution in [3.8, 4) is 0 Å². The number of hydrogen-bond donors (Lipinski definition) is 2. The number of aliphatic imine (C=N–C) groups is 1. The van der Waals surface area contributed by atoms with E-state index in [1.165, 1.54) is 19.5 Å². The summed E-state index contributed by atoms with van der Waals surface area (Å²) in [6.45, 7) is 10.1. The molecule has 2 rings (SSSR count). The first-order valence-electron chi connectivity index (χ1n) is 8.30. The minimum atomic E-state index is 0. The standard InChI is InChI=1S/C17H26Cl2N4.HI/c1-3-20-17(21-10-13-7-8-23(4-2)12-13)22-11-14-5-6-15(18)9-16(14)19;/h5-6,9,13H,3-4,7-8,10-12H2,1-2H3,(H2,20,21,22);1H. The molecule has 1 atom stereocenters. The van der Waals surface area contributed by atoms with E-state index in [1.807, 2.05) is 12.1 Å². The molecule has 1 saturated heterocycles. The van der Waals surface area contributed by atoms with E-state index in [1.54, 1.807) is 6.07 Å². The van der Waals surface area contributed by atoms with Gasteiger partial charge in [0.1, 0.15) is 0 Å². The molecule has 0 aliphatic carbocycles. The zero-order valence-corrected chi connectivity index (χ0v) is 18.2. The van der Waals surface area contributed by atoms with Crippen molar-refractivity contribution in [1.29, 1.82) is 0 Å². The minimum absolute atomic E-state index is 0. The van der Waals surface area contributed by atoms with Gasteiger partial charge in [-0.1, -0.05) is 36.2 Å². The summed E-state index contributed by atoms with van der Waals surface area (Å²) in [6.07, 6.45) is 1.25. The summed E-state index contributed by atoms with van der Waals surface area (Å²) in [5.41, 5.74) is 0.978. The van der Waals surface area contributed by atoms with Gasteiger partial charge in [-0.2, -0.15) is 0 Å². The lowest BCUT2D eigenvalue weighted by Crippen LogP contribution is -2.40. The fourth-order valence-electron chi connectivity index (χ4n) is 2.76. The van der Waals surface area contributed by atoms with Crippen LogP contribution in [-0.4, -0.2) is 43.6 Å². The summed E-state index contributed by atoms with van der Waals surface area (Å²) >= 11 is 12.1. The normalized spacial score (nSPS) is 18.3. The van der Waals surface area contributed by atoms with Crippen molar-refractivity contribution in [2.75, 3.05) is 32.7 Å². The number of benzene rings is 1. The fourth-order valence-corrected chi connectivity index (χ4v) is 3.23. The molecule has 7 heteroatoms. The van der Waals surface area contributed by atoms with Gasteiger partial charge in [0.05, 0.1) is 6.54 Å². The first-order chi connectivity index (χ1) is 11.1. The Bertz CT molecular complexity index is 539. The van der Waals surface area contributed by atoms with E-state index in [0.717, 1.165) is 31.2 Å². The number of hydrogen-bond acceptors (Lipinski definition) is 2. The maximum atomic E-state index is 6.20. The number of guanidine groups is 1. The number of rotatable bonds is 6. The predicted molar refractivity (Wildman–Crippen MR) is 115 cm³/mol. The smallest absolute Gasteiger partial charge is 0.191 e. The second kappa shape index (κ2) is 11.4. The molecule has 0 amide bonds. The highest BCUT2D eigenvalue weighted by molar-refractivity contribution is 14.0. The average molecular weight is 485 g/mol. The molecule has 0 bridgehead atoms. The molecule has 24 heavy (non-hydrogen) atoms. The molecular formula is C17H27Cl2IN4. The highest BCUT2D eigenvalue weighted by atomic mass is 127. The van der Waals surface area contributed by atoms with E-state index in [2.05, 4.69) is 34.4 Å². The van der Waals surface area contributed by atoms with Gasteiger partial charge in [-0.25, -0.2) is 4.99 Å². The van der Waals surface area contributed by atoms with Crippen LogP contribution in [0.25, 0.3) is 0 Å². The third-order valence-corrected chi connectivity index (χ3v) is 4.73. The number of nitrogens with one attached hydrogen (secondary N) is 2. The zero-order valence-electron chi connectivity index (χ0n) is 14.3. The van der Waals surface area contributed by atoms with Gasteiger partial charge in [-0.15, -0.1) is 24.0 Å². The van der Waals surface area contributed by atoms with Gasteiger partial charge < -0.3 is 15.5 Å². The molecule has 4 nitrogen and oxygen atoms in total. The summed E-state index contributed by atoms with van der Waals surface area (Å²) in [4.78, 5) is 7.12. The Morgan fingerprint density at radius 1 is 1.29 bits per heavy atom. The maximum Gasteiger partial charge on any atom is 0.191 e. The average Bonchev–Trinajstić information content (AvgIpc) is 2.99. The third kappa shape index (κ3) is 6.94. The Balaban J connectivity index is 0.00000288.